The summed E-state index contributed by atoms with van der Waals surface area (Å²) in [6, 6.07) is 26.1. The molecule has 3 heterocycles. The van der Waals surface area contributed by atoms with Crippen molar-refractivity contribution in [3.63, 3.8) is 0 Å². The fraction of sp³-hybridized carbons (Fsp3) is 0.161. The van der Waals surface area contributed by atoms with Crippen molar-refractivity contribution in [2.75, 3.05) is 11.0 Å². The molecule has 0 unspecified atom stereocenters. The molecule has 1 N–H and O–H groups in total. The van der Waals surface area contributed by atoms with Gasteiger partial charge >= 0.3 is 0 Å². The molecule has 2 aromatic heterocycles. The number of rotatable bonds is 6. The topological polar surface area (TPSA) is 86.1 Å². The van der Waals surface area contributed by atoms with E-state index >= 15 is 0 Å². The van der Waals surface area contributed by atoms with E-state index in [0.29, 0.717) is 24.7 Å². The van der Waals surface area contributed by atoms with Crippen LogP contribution in [0.2, 0.25) is 0 Å². The predicted molar refractivity (Wildman–Crippen MR) is 155 cm³/mol. The first-order chi connectivity index (χ1) is 18.9. The lowest BCUT2D eigenvalue weighted by atomic mass is 9.86. The van der Waals surface area contributed by atoms with E-state index in [4.69, 9.17) is 9.84 Å². The molecule has 7 nitrogen and oxygen atoms in total. The van der Waals surface area contributed by atoms with Crippen LogP contribution in [0.15, 0.2) is 91.3 Å². The van der Waals surface area contributed by atoms with Crippen LogP contribution in [0, 0.1) is 0 Å². The monoisotopic (exact) mass is 536 g/mol. The zero-order valence-corrected chi connectivity index (χ0v) is 22.6. The molecule has 0 radical (unpaired) electrons. The number of aromatic nitrogens is 3. The van der Waals surface area contributed by atoms with Crippen molar-refractivity contribution in [1.82, 2.24) is 14.8 Å². The highest BCUT2D eigenvalue weighted by atomic mass is 32.2. The molecule has 39 heavy (non-hydrogen) atoms. The van der Waals surface area contributed by atoms with Gasteiger partial charge in [0.05, 0.1) is 24.5 Å². The number of hydrogen-bond acceptors (Lipinski definition) is 5. The Hall–Kier alpha value is -4.43. The molecule has 0 bridgehead atoms. The second-order valence-electron chi connectivity index (χ2n) is 9.66. The summed E-state index contributed by atoms with van der Waals surface area (Å²) in [6.07, 6.45) is 5.52. The number of anilines is 1. The van der Waals surface area contributed by atoms with Crippen LogP contribution >= 0.6 is 0 Å². The summed E-state index contributed by atoms with van der Waals surface area (Å²) in [6.45, 7) is 3.16. The Morgan fingerprint density at radius 1 is 1.00 bits per heavy atom. The third kappa shape index (κ3) is 5.03. The third-order valence-electron chi connectivity index (χ3n) is 6.89. The molecule has 0 spiro atoms. The summed E-state index contributed by atoms with van der Waals surface area (Å²) in [5, 5.41) is 5.75. The minimum atomic E-state index is -3.40. The summed E-state index contributed by atoms with van der Waals surface area (Å²) in [7, 11) is -3.40. The lowest BCUT2D eigenvalue weighted by Gasteiger charge is -2.18. The van der Waals surface area contributed by atoms with E-state index < -0.39 is 10.0 Å². The highest BCUT2D eigenvalue weighted by molar-refractivity contribution is 7.92. The number of allylic oxidation sites excluding steroid dienone is 1. The zero-order chi connectivity index (χ0) is 27.0. The first kappa shape index (κ1) is 24.9. The van der Waals surface area contributed by atoms with E-state index in [2.05, 4.69) is 40.9 Å². The SMILES string of the molecule is CC/C(=C1\c2cc3cnn(Cc4ccccc4)c3cc2COc2ncccc21)c1cccc(NS(C)(=O)=O)c1. The van der Waals surface area contributed by atoms with E-state index in [0.717, 1.165) is 57.0 Å². The van der Waals surface area contributed by atoms with Gasteiger partial charge in [0.2, 0.25) is 15.9 Å². The molecule has 6 rings (SSSR count). The smallest absolute Gasteiger partial charge is 0.229 e. The zero-order valence-electron chi connectivity index (χ0n) is 21.8. The van der Waals surface area contributed by atoms with Gasteiger partial charge in [-0.2, -0.15) is 5.10 Å². The minimum Gasteiger partial charge on any atom is -0.472 e. The summed E-state index contributed by atoms with van der Waals surface area (Å²) < 4.78 is 34.7. The van der Waals surface area contributed by atoms with Crippen molar-refractivity contribution < 1.29 is 13.2 Å². The molecular formula is C31H28N4O3S. The Kier molecular flexibility index (Phi) is 6.40. The first-order valence-electron chi connectivity index (χ1n) is 12.8. The number of hydrogen-bond donors (Lipinski definition) is 1. The van der Waals surface area contributed by atoms with Crippen molar-refractivity contribution >= 4 is 37.8 Å². The van der Waals surface area contributed by atoms with E-state index in [9.17, 15) is 8.42 Å². The first-order valence-corrected chi connectivity index (χ1v) is 14.7. The lowest BCUT2D eigenvalue weighted by Crippen LogP contribution is -2.09. The molecule has 1 aliphatic heterocycles. The van der Waals surface area contributed by atoms with Gasteiger partial charge in [-0.05, 0) is 76.2 Å². The van der Waals surface area contributed by atoms with Gasteiger partial charge in [0, 0.05) is 22.8 Å². The molecule has 0 atom stereocenters. The van der Waals surface area contributed by atoms with Crippen LogP contribution in [0.25, 0.3) is 22.0 Å². The quantitative estimate of drug-likeness (QED) is 0.283. The van der Waals surface area contributed by atoms with E-state index in [1.807, 2.05) is 59.4 Å². The van der Waals surface area contributed by atoms with Crippen LogP contribution < -0.4 is 9.46 Å². The molecule has 1 aliphatic rings. The Bertz CT molecular complexity index is 1830. The van der Waals surface area contributed by atoms with Crippen LogP contribution in [0.3, 0.4) is 0 Å². The fourth-order valence-corrected chi connectivity index (χ4v) is 5.78. The number of ether oxygens (including phenoxy) is 1. The van der Waals surface area contributed by atoms with Crippen LogP contribution in [0.4, 0.5) is 5.69 Å². The maximum Gasteiger partial charge on any atom is 0.229 e. The summed E-state index contributed by atoms with van der Waals surface area (Å²) in [5.74, 6) is 0.579. The van der Waals surface area contributed by atoms with Crippen LogP contribution in [-0.4, -0.2) is 29.4 Å². The van der Waals surface area contributed by atoms with E-state index in [1.54, 1.807) is 12.3 Å². The summed E-state index contributed by atoms with van der Waals surface area (Å²) in [4.78, 5) is 4.55. The molecule has 0 saturated heterocycles. The molecular weight excluding hydrogens is 508 g/mol. The maximum absolute atomic E-state index is 11.9. The Balaban J connectivity index is 1.55. The molecule has 5 aromatic rings. The highest BCUT2D eigenvalue weighted by Crippen LogP contribution is 2.42. The van der Waals surface area contributed by atoms with Crippen molar-refractivity contribution in [1.29, 1.82) is 0 Å². The number of fused-ring (bicyclic) bond motifs is 3. The second-order valence-corrected chi connectivity index (χ2v) is 11.4. The Morgan fingerprint density at radius 3 is 2.64 bits per heavy atom. The number of pyridine rings is 1. The van der Waals surface area contributed by atoms with Gasteiger partial charge in [-0.25, -0.2) is 13.4 Å². The fourth-order valence-electron chi connectivity index (χ4n) is 5.23. The van der Waals surface area contributed by atoms with Gasteiger partial charge in [0.15, 0.2) is 0 Å². The van der Waals surface area contributed by atoms with Gasteiger partial charge in [-0.1, -0.05) is 49.4 Å². The largest absolute Gasteiger partial charge is 0.472 e. The normalized spacial score (nSPS) is 14.2. The van der Waals surface area contributed by atoms with Crippen molar-refractivity contribution in [2.24, 2.45) is 0 Å². The third-order valence-corrected chi connectivity index (χ3v) is 7.49. The van der Waals surface area contributed by atoms with Crippen molar-refractivity contribution in [3.8, 4) is 5.88 Å². The molecule has 0 aliphatic carbocycles. The lowest BCUT2D eigenvalue weighted by molar-refractivity contribution is 0.295. The number of benzene rings is 3. The average Bonchev–Trinajstić information content (AvgIpc) is 3.23. The van der Waals surface area contributed by atoms with Crippen LogP contribution in [0.5, 0.6) is 5.88 Å². The van der Waals surface area contributed by atoms with E-state index in [-0.39, 0.29) is 0 Å². The maximum atomic E-state index is 11.9. The van der Waals surface area contributed by atoms with Gasteiger partial charge in [-0.3, -0.25) is 9.40 Å². The van der Waals surface area contributed by atoms with Crippen LogP contribution in [0.1, 0.15) is 41.2 Å². The molecule has 0 fully saturated rings. The summed E-state index contributed by atoms with van der Waals surface area (Å²) >= 11 is 0. The van der Waals surface area contributed by atoms with E-state index in [1.165, 1.54) is 5.56 Å². The molecule has 8 heteroatoms. The summed E-state index contributed by atoms with van der Waals surface area (Å²) in [5.41, 5.74) is 8.79. The van der Waals surface area contributed by atoms with Gasteiger partial charge < -0.3 is 4.74 Å². The average molecular weight is 537 g/mol. The number of nitrogens with one attached hydrogen (secondary N) is 1. The van der Waals surface area contributed by atoms with Gasteiger partial charge in [-0.15, -0.1) is 0 Å². The molecule has 0 saturated carbocycles. The number of sulfonamides is 1. The van der Waals surface area contributed by atoms with Crippen molar-refractivity contribution in [3.05, 3.63) is 119 Å². The molecule has 196 valence electrons. The minimum absolute atomic E-state index is 0.377. The second kappa shape index (κ2) is 10.0. The van der Waals surface area contributed by atoms with Gasteiger partial charge in [0.25, 0.3) is 0 Å². The Morgan fingerprint density at radius 2 is 1.85 bits per heavy atom. The molecule has 0 amide bonds. The van der Waals surface area contributed by atoms with Crippen LogP contribution in [-0.2, 0) is 23.2 Å². The Labute approximate surface area is 227 Å². The standard InChI is InChI=1S/C31H28N4O3S/c1-3-26(22-11-7-12-25(15-22)34-39(2,36)37)30-27-13-8-14-32-31(27)38-20-24-17-29-23(16-28(24)30)18-33-35(29)19-21-9-5-4-6-10-21/h4-18,34H,3,19-20H2,1-2H3/b30-26+. The predicted octanol–water partition coefficient (Wildman–Crippen LogP) is 6.11. The number of nitrogens with zero attached hydrogens (tertiary/aromatic N) is 3. The highest BCUT2D eigenvalue weighted by Gasteiger charge is 2.25. The van der Waals surface area contributed by atoms with Crippen molar-refractivity contribution in [2.45, 2.75) is 26.5 Å². The molecule has 3 aromatic carbocycles. The van der Waals surface area contributed by atoms with Gasteiger partial charge in [0.1, 0.15) is 6.61 Å².